The summed E-state index contributed by atoms with van der Waals surface area (Å²) in [4.78, 5) is 11.6. The van der Waals surface area contributed by atoms with Crippen LogP contribution in [-0.4, -0.2) is 28.7 Å². The lowest BCUT2D eigenvalue weighted by molar-refractivity contribution is -0.120. The van der Waals surface area contributed by atoms with Gasteiger partial charge in [0.1, 0.15) is 0 Å². The van der Waals surface area contributed by atoms with Gasteiger partial charge in [-0.15, -0.1) is 0 Å². The molecule has 0 radical (unpaired) electrons. The molecule has 1 saturated carbocycles. The number of aromatic amines is 1. The zero-order valence-electron chi connectivity index (χ0n) is 10.3. The van der Waals surface area contributed by atoms with Gasteiger partial charge in [0.25, 0.3) is 0 Å². The van der Waals surface area contributed by atoms with Crippen molar-refractivity contribution in [2.24, 2.45) is 0 Å². The highest BCUT2D eigenvalue weighted by Crippen LogP contribution is 2.17. The second-order valence-corrected chi connectivity index (χ2v) is 4.66. The topological polar surface area (TPSA) is 69.8 Å². The van der Waals surface area contributed by atoms with Crippen molar-refractivity contribution < 1.29 is 4.79 Å². The van der Waals surface area contributed by atoms with Crippen LogP contribution in [0.2, 0.25) is 0 Å². The van der Waals surface area contributed by atoms with E-state index in [1.54, 1.807) is 6.20 Å². The molecule has 0 aliphatic heterocycles. The molecular formula is C12H20N4O. The van der Waals surface area contributed by atoms with Crippen LogP contribution in [0.15, 0.2) is 6.20 Å². The lowest BCUT2D eigenvalue weighted by atomic mass is 10.2. The summed E-state index contributed by atoms with van der Waals surface area (Å²) in [6.07, 6.45) is 6.73. The molecule has 5 heteroatoms. The standard InChI is InChI=1S/C12H20N4O/c1-9-10(7-15-16-9)6-14-12(17)8-13-11-4-2-3-5-11/h7,11,13H,2-6,8H2,1H3,(H,14,17)(H,15,16). The van der Waals surface area contributed by atoms with Gasteiger partial charge in [0, 0.05) is 23.8 Å². The average molecular weight is 236 g/mol. The van der Waals surface area contributed by atoms with Crippen LogP contribution in [0, 0.1) is 6.92 Å². The minimum Gasteiger partial charge on any atom is -0.351 e. The van der Waals surface area contributed by atoms with Gasteiger partial charge in [0.2, 0.25) is 5.91 Å². The third kappa shape index (κ3) is 3.56. The molecule has 1 aromatic heterocycles. The van der Waals surface area contributed by atoms with Gasteiger partial charge in [-0.3, -0.25) is 9.89 Å². The highest BCUT2D eigenvalue weighted by molar-refractivity contribution is 5.78. The van der Waals surface area contributed by atoms with Gasteiger partial charge in [-0.1, -0.05) is 12.8 Å². The molecule has 0 aromatic carbocycles. The van der Waals surface area contributed by atoms with E-state index in [-0.39, 0.29) is 5.91 Å². The molecule has 1 amide bonds. The highest BCUT2D eigenvalue weighted by atomic mass is 16.1. The van der Waals surface area contributed by atoms with E-state index in [9.17, 15) is 4.79 Å². The maximum Gasteiger partial charge on any atom is 0.234 e. The number of hydrogen-bond acceptors (Lipinski definition) is 3. The Kier molecular flexibility index (Phi) is 4.14. The number of rotatable bonds is 5. The number of carbonyl (C=O) groups is 1. The SMILES string of the molecule is Cc1[nH]ncc1CNC(=O)CNC1CCCC1. The number of aromatic nitrogens is 2. The summed E-state index contributed by atoms with van der Waals surface area (Å²) in [5.41, 5.74) is 2.05. The second-order valence-electron chi connectivity index (χ2n) is 4.66. The van der Waals surface area contributed by atoms with Crippen LogP contribution < -0.4 is 10.6 Å². The Bertz CT molecular complexity index is 368. The maximum atomic E-state index is 11.6. The molecule has 3 N–H and O–H groups in total. The van der Waals surface area contributed by atoms with E-state index < -0.39 is 0 Å². The average Bonchev–Trinajstić information content (AvgIpc) is 2.95. The van der Waals surface area contributed by atoms with E-state index in [0.29, 0.717) is 19.1 Å². The Morgan fingerprint density at radius 2 is 2.29 bits per heavy atom. The molecule has 1 fully saturated rings. The van der Waals surface area contributed by atoms with Crippen molar-refractivity contribution in [3.05, 3.63) is 17.5 Å². The predicted octanol–water partition coefficient (Wildman–Crippen LogP) is 0.867. The zero-order valence-corrected chi connectivity index (χ0v) is 10.3. The van der Waals surface area contributed by atoms with E-state index in [1.807, 2.05) is 6.92 Å². The van der Waals surface area contributed by atoms with Gasteiger partial charge >= 0.3 is 0 Å². The fraction of sp³-hybridized carbons (Fsp3) is 0.667. The van der Waals surface area contributed by atoms with Crippen molar-refractivity contribution in [1.82, 2.24) is 20.8 Å². The molecule has 94 valence electrons. The molecule has 0 spiro atoms. The lowest BCUT2D eigenvalue weighted by Gasteiger charge is -2.11. The van der Waals surface area contributed by atoms with Crippen molar-refractivity contribution in [3.63, 3.8) is 0 Å². The third-order valence-electron chi connectivity index (χ3n) is 3.32. The van der Waals surface area contributed by atoms with E-state index >= 15 is 0 Å². The number of nitrogens with one attached hydrogen (secondary N) is 3. The van der Waals surface area contributed by atoms with Gasteiger partial charge in [-0.25, -0.2) is 0 Å². The molecule has 1 heterocycles. The summed E-state index contributed by atoms with van der Waals surface area (Å²) in [5, 5.41) is 12.9. The smallest absolute Gasteiger partial charge is 0.234 e. The molecule has 5 nitrogen and oxygen atoms in total. The predicted molar refractivity (Wildman–Crippen MR) is 65.4 cm³/mol. The summed E-state index contributed by atoms with van der Waals surface area (Å²) >= 11 is 0. The Balaban J connectivity index is 1.65. The quantitative estimate of drug-likeness (QED) is 0.710. The van der Waals surface area contributed by atoms with Crippen molar-refractivity contribution in [3.8, 4) is 0 Å². The summed E-state index contributed by atoms with van der Waals surface area (Å²) in [6, 6.07) is 0.538. The molecule has 1 aliphatic rings. The van der Waals surface area contributed by atoms with E-state index in [1.165, 1.54) is 25.7 Å². The van der Waals surface area contributed by atoms with E-state index in [2.05, 4.69) is 20.8 Å². The van der Waals surface area contributed by atoms with Crippen LogP contribution >= 0.6 is 0 Å². The van der Waals surface area contributed by atoms with E-state index in [0.717, 1.165) is 11.3 Å². The molecule has 0 atom stereocenters. The Morgan fingerprint density at radius 1 is 1.53 bits per heavy atom. The van der Waals surface area contributed by atoms with Crippen molar-refractivity contribution in [1.29, 1.82) is 0 Å². The summed E-state index contributed by atoms with van der Waals surface area (Å²) in [6.45, 7) is 2.92. The van der Waals surface area contributed by atoms with Gasteiger partial charge in [-0.05, 0) is 19.8 Å². The molecule has 1 aromatic rings. The number of amides is 1. The molecule has 0 bridgehead atoms. The minimum absolute atomic E-state index is 0.0532. The van der Waals surface area contributed by atoms with Crippen LogP contribution in [0.3, 0.4) is 0 Å². The summed E-state index contributed by atoms with van der Waals surface area (Å²) < 4.78 is 0. The van der Waals surface area contributed by atoms with Crippen LogP contribution in [0.5, 0.6) is 0 Å². The zero-order chi connectivity index (χ0) is 12.1. The monoisotopic (exact) mass is 236 g/mol. The lowest BCUT2D eigenvalue weighted by Crippen LogP contribution is -2.37. The normalized spacial score (nSPS) is 16.3. The Morgan fingerprint density at radius 3 is 2.94 bits per heavy atom. The second kappa shape index (κ2) is 5.82. The molecule has 17 heavy (non-hydrogen) atoms. The number of hydrogen-bond donors (Lipinski definition) is 3. The van der Waals surface area contributed by atoms with Gasteiger partial charge < -0.3 is 10.6 Å². The molecule has 0 unspecified atom stereocenters. The summed E-state index contributed by atoms with van der Waals surface area (Å²) in [5.74, 6) is 0.0532. The van der Waals surface area contributed by atoms with Crippen LogP contribution in [0.1, 0.15) is 36.9 Å². The van der Waals surface area contributed by atoms with E-state index in [4.69, 9.17) is 0 Å². The maximum absolute atomic E-state index is 11.6. The Hall–Kier alpha value is -1.36. The third-order valence-corrected chi connectivity index (χ3v) is 3.32. The fourth-order valence-corrected chi connectivity index (χ4v) is 2.18. The first-order valence-corrected chi connectivity index (χ1v) is 6.24. The Labute approximate surface area is 101 Å². The molecular weight excluding hydrogens is 216 g/mol. The van der Waals surface area contributed by atoms with Crippen LogP contribution in [0.4, 0.5) is 0 Å². The number of nitrogens with zero attached hydrogens (tertiary/aromatic N) is 1. The molecule has 2 rings (SSSR count). The van der Waals surface area contributed by atoms with Crippen molar-refractivity contribution >= 4 is 5.91 Å². The minimum atomic E-state index is 0.0532. The first-order valence-electron chi connectivity index (χ1n) is 6.24. The number of aryl methyl sites for hydroxylation is 1. The number of carbonyl (C=O) groups excluding carboxylic acids is 1. The summed E-state index contributed by atoms with van der Waals surface area (Å²) in [7, 11) is 0. The van der Waals surface area contributed by atoms with Gasteiger partial charge in [-0.2, -0.15) is 5.10 Å². The molecule has 1 aliphatic carbocycles. The van der Waals surface area contributed by atoms with Crippen LogP contribution in [0.25, 0.3) is 0 Å². The highest BCUT2D eigenvalue weighted by Gasteiger charge is 2.15. The molecule has 0 saturated heterocycles. The largest absolute Gasteiger partial charge is 0.351 e. The first kappa shape index (κ1) is 12.1. The van der Waals surface area contributed by atoms with Crippen molar-refractivity contribution in [2.75, 3.05) is 6.54 Å². The van der Waals surface area contributed by atoms with Gasteiger partial charge in [0.05, 0.1) is 12.7 Å². The van der Waals surface area contributed by atoms with Crippen LogP contribution in [-0.2, 0) is 11.3 Å². The fourth-order valence-electron chi connectivity index (χ4n) is 2.18. The number of H-pyrrole nitrogens is 1. The van der Waals surface area contributed by atoms with Gasteiger partial charge in [0.15, 0.2) is 0 Å². The van der Waals surface area contributed by atoms with Crippen molar-refractivity contribution in [2.45, 2.75) is 45.2 Å². The first-order chi connectivity index (χ1) is 8.25.